The van der Waals surface area contributed by atoms with Crippen molar-refractivity contribution in [1.29, 1.82) is 0 Å². The Morgan fingerprint density at radius 2 is 1.31 bits per heavy atom. The first-order valence-electron chi connectivity index (χ1n) is 3.86. The van der Waals surface area contributed by atoms with Crippen molar-refractivity contribution in [2.75, 3.05) is 0 Å². The summed E-state index contributed by atoms with van der Waals surface area (Å²) in [6.07, 6.45) is 2.22. The Morgan fingerprint density at radius 3 is 1.46 bits per heavy atom. The molecule has 0 aromatic carbocycles. The quantitative estimate of drug-likeness (QED) is 0.643. The third-order valence-corrected chi connectivity index (χ3v) is 5.79. The van der Waals surface area contributed by atoms with Crippen LogP contribution in [0.2, 0.25) is 8.94 Å². The first kappa shape index (κ1) is 16.3. The molecule has 0 heterocycles. The minimum atomic E-state index is -5.52. The zero-order valence-corrected chi connectivity index (χ0v) is 12.4. The van der Waals surface area contributed by atoms with Crippen molar-refractivity contribution >= 4 is 38.5 Å². The van der Waals surface area contributed by atoms with Crippen molar-refractivity contribution < 1.29 is 16.3 Å². The summed E-state index contributed by atoms with van der Waals surface area (Å²) in [5.41, 5.74) is 0. The molecule has 0 aliphatic rings. The standard InChI is InChI=1S/C6H14OTe.H2O4Te/c1-3-5-8(7)6-4-2;1-5(2,3)4/h3-6H2,1-2H3;(H2,1,2,3,4). The fourth-order valence-electron chi connectivity index (χ4n) is 0.557. The minimum absolute atomic E-state index is 1.02. The zero-order chi connectivity index (χ0) is 10.9. The SMILES string of the molecule is CCC[Te](=O)CCC.O=[Te](=O)(O)O. The van der Waals surface area contributed by atoms with Gasteiger partial charge in [-0.25, -0.2) is 0 Å². The van der Waals surface area contributed by atoms with Crippen LogP contribution in [0.3, 0.4) is 0 Å². The summed E-state index contributed by atoms with van der Waals surface area (Å²) in [5.74, 6) is 0. The number of hydrogen-bond donors (Lipinski definition) is 2. The molecule has 13 heavy (non-hydrogen) atoms. The molecule has 0 bridgehead atoms. The van der Waals surface area contributed by atoms with Crippen LogP contribution in [0, 0.1) is 0 Å². The first-order chi connectivity index (χ1) is 5.81. The molecule has 0 aliphatic carbocycles. The van der Waals surface area contributed by atoms with Crippen LogP contribution in [0.5, 0.6) is 0 Å². The normalized spacial score (nSPS) is 10.8. The summed E-state index contributed by atoms with van der Waals surface area (Å²) < 4.78 is 45.0. The summed E-state index contributed by atoms with van der Waals surface area (Å²) in [5, 5.41) is 0. The van der Waals surface area contributed by atoms with E-state index in [0.29, 0.717) is 0 Å². The fraction of sp³-hybridized carbons (Fsp3) is 1.00. The maximum atomic E-state index is 10.9. The zero-order valence-electron chi connectivity index (χ0n) is 7.76. The predicted octanol–water partition coefficient (Wildman–Crippen LogP) is 0.496. The molecule has 0 saturated carbocycles. The molecular formula is C6H16O5Te2. The van der Waals surface area contributed by atoms with Crippen LogP contribution in [-0.2, 0) is 9.31 Å². The van der Waals surface area contributed by atoms with E-state index in [1.165, 1.54) is 0 Å². The summed E-state index contributed by atoms with van der Waals surface area (Å²) >= 11 is -7.23. The van der Waals surface area contributed by atoms with Gasteiger partial charge in [0.05, 0.1) is 0 Å². The molecule has 0 amide bonds. The van der Waals surface area contributed by atoms with Crippen molar-refractivity contribution in [2.45, 2.75) is 35.6 Å². The van der Waals surface area contributed by atoms with Crippen LogP contribution in [0.4, 0.5) is 0 Å². The molecule has 7 heteroatoms. The molecule has 0 spiro atoms. The molecule has 0 rings (SSSR count). The van der Waals surface area contributed by atoms with E-state index in [1.54, 1.807) is 0 Å². The van der Waals surface area contributed by atoms with E-state index in [9.17, 15) is 3.10 Å². The molecule has 2 N–H and O–H groups in total. The van der Waals surface area contributed by atoms with Crippen LogP contribution in [0.1, 0.15) is 26.7 Å². The Labute approximate surface area is 89.8 Å². The third-order valence-electron chi connectivity index (χ3n) is 0.864. The summed E-state index contributed by atoms with van der Waals surface area (Å²) in [6, 6.07) is 0. The Bertz CT molecular complexity index is 205. The van der Waals surface area contributed by atoms with Crippen molar-refractivity contribution in [3.05, 3.63) is 0 Å². The van der Waals surface area contributed by atoms with Gasteiger partial charge < -0.3 is 0 Å². The van der Waals surface area contributed by atoms with Gasteiger partial charge >= 0.3 is 90.4 Å². The average molecular weight is 423 g/mol. The molecule has 0 radical (unpaired) electrons. The average Bonchev–Trinajstić information content (AvgIpc) is 1.84. The Balaban J connectivity index is 0. The van der Waals surface area contributed by atoms with E-state index in [1.807, 2.05) is 0 Å². The molecule has 5 nitrogen and oxygen atoms in total. The molecule has 0 saturated heterocycles. The second-order valence-corrected chi connectivity index (χ2v) is 9.69. The Kier molecular flexibility index (Phi) is 11.9. The van der Waals surface area contributed by atoms with Crippen molar-refractivity contribution in [3.63, 3.8) is 0 Å². The van der Waals surface area contributed by atoms with Gasteiger partial charge in [0.1, 0.15) is 0 Å². The van der Waals surface area contributed by atoms with Crippen LogP contribution >= 0.6 is 0 Å². The second-order valence-electron chi connectivity index (χ2n) is 2.30. The number of rotatable bonds is 4. The van der Waals surface area contributed by atoms with Crippen LogP contribution in [-0.4, -0.2) is 45.4 Å². The van der Waals surface area contributed by atoms with Crippen molar-refractivity contribution in [2.24, 2.45) is 0 Å². The summed E-state index contributed by atoms with van der Waals surface area (Å²) in [7, 11) is 0. The second kappa shape index (κ2) is 9.45. The van der Waals surface area contributed by atoms with Gasteiger partial charge in [-0.1, -0.05) is 0 Å². The Hall–Kier alpha value is 0.899. The first-order valence-corrected chi connectivity index (χ1v) is 12.1. The molecule has 0 fully saturated rings. The van der Waals surface area contributed by atoms with Gasteiger partial charge in [0.25, 0.3) is 0 Å². The summed E-state index contributed by atoms with van der Waals surface area (Å²) in [6.45, 7) is 4.20. The van der Waals surface area contributed by atoms with Crippen LogP contribution in [0.15, 0.2) is 0 Å². The van der Waals surface area contributed by atoms with Crippen molar-refractivity contribution in [3.8, 4) is 0 Å². The van der Waals surface area contributed by atoms with Gasteiger partial charge in [0.15, 0.2) is 0 Å². The van der Waals surface area contributed by atoms with E-state index in [-0.39, 0.29) is 0 Å². The molecule has 82 valence electrons. The van der Waals surface area contributed by atoms with Gasteiger partial charge in [0, 0.05) is 0 Å². The van der Waals surface area contributed by atoms with Crippen molar-refractivity contribution in [1.82, 2.24) is 0 Å². The molecule has 0 aliphatic heterocycles. The number of hydrogen-bond acceptors (Lipinski definition) is 3. The molecule has 0 atom stereocenters. The van der Waals surface area contributed by atoms with Crippen LogP contribution in [0.25, 0.3) is 0 Å². The fourth-order valence-corrected chi connectivity index (χ4v) is 3.74. The van der Waals surface area contributed by atoms with Crippen LogP contribution < -0.4 is 0 Å². The van der Waals surface area contributed by atoms with E-state index >= 15 is 0 Å². The van der Waals surface area contributed by atoms with E-state index in [4.69, 9.17) is 13.2 Å². The molecule has 0 aromatic heterocycles. The molecule has 0 unspecified atom stereocenters. The van der Waals surface area contributed by atoms with Gasteiger partial charge in [0.2, 0.25) is 0 Å². The summed E-state index contributed by atoms with van der Waals surface area (Å²) in [4.78, 5) is 0. The topological polar surface area (TPSA) is 91.7 Å². The van der Waals surface area contributed by atoms with Gasteiger partial charge in [-0.15, -0.1) is 0 Å². The Morgan fingerprint density at radius 1 is 1.08 bits per heavy atom. The van der Waals surface area contributed by atoms with Gasteiger partial charge in [-0.3, -0.25) is 0 Å². The third kappa shape index (κ3) is 32.2. The van der Waals surface area contributed by atoms with Gasteiger partial charge in [-0.2, -0.15) is 0 Å². The maximum absolute atomic E-state index is 10.9. The van der Waals surface area contributed by atoms with E-state index in [0.717, 1.165) is 21.8 Å². The molecular weight excluding hydrogens is 407 g/mol. The van der Waals surface area contributed by atoms with E-state index < -0.39 is 38.5 Å². The molecule has 0 aromatic rings. The monoisotopic (exact) mass is 428 g/mol. The van der Waals surface area contributed by atoms with Gasteiger partial charge in [-0.05, 0) is 0 Å². The predicted molar refractivity (Wildman–Crippen MR) is 48.2 cm³/mol. The van der Waals surface area contributed by atoms with E-state index in [2.05, 4.69) is 13.8 Å².